The van der Waals surface area contributed by atoms with Crippen LogP contribution < -0.4 is 0 Å². The van der Waals surface area contributed by atoms with E-state index in [9.17, 15) is 9.59 Å². The molecule has 0 amide bonds. The van der Waals surface area contributed by atoms with Gasteiger partial charge in [-0.25, -0.2) is 0 Å². The minimum atomic E-state index is -0.0614. The first-order valence-electron chi connectivity index (χ1n) is 5.34. The molecule has 17 heavy (non-hydrogen) atoms. The number of aryl methyl sites for hydroxylation is 2. The highest BCUT2D eigenvalue weighted by Gasteiger charge is 2.12. The van der Waals surface area contributed by atoms with Gasteiger partial charge in [0.25, 0.3) is 0 Å². The quantitative estimate of drug-likeness (QED) is 0.596. The summed E-state index contributed by atoms with van der Waals surface area (Å²) in [6, 6.07) is 9.00. The summed E-state index contributed by atoms with van der Waals surface area (Å²) in [6.07, 6.45) is 2.41. The summed E-state index contributed by atoms with van der Waals surface area (Å²) in [7, 11) is 1.75. The molecule has 0 spiro atoms. The summed E-state index contributed by atoms with van der Waals surface area (Å²) >= 11 is 0. The maximum absolute atomic E-state index is 12.1. The van der Waals surface area contributed by atoms with Crippen LogP contribution >= 0.6 is 0 Å². The van der Waals surface area contributed by atoms with Gasteiger partial charge in [-0.15, -0.1) is 0 Å². The van der Waals surface area contributed by atoms with Gasteiger partial charge < -0.3 is 4.57 Å². The predicted molar refractivity (Wildman–Crippen MR) is 65.4 cm³/mol. The number of aldehydes is 1. The summed E-state index contributed by atoms with van der Waals surface area (Å²) in [5, 5.41) is 0. The molecular formula is C14H13NO2. The third-order valence-corrected chi connectivity index (χ3v) is 2.74. The molecule has 2 rings (SSSR count). The number of rotatable bonds is 3. The molecule has 0 aliphatic rings. The maximum atomic E-state index is 12.1. The molecule has 86 valence electrons. The molecule has 0 saturated carbocycles. The Morgan fingerprint density at radius 1 is 1.18 bits per heavy atom. The van der Waals surface area contributed by atoms with Crippen molar-refractivity contribution in [3.05, 3.63) is 58.9 Å². The number of benzene rings is 1. The van der Waals surface area contributed by atoms with Crippen LogP contribution in [-0.2, 0) is 7.05 Å². The van der Waals surface area contributed by atoms with Gasteiger partial charge in [-0.05, 0) is 13.0 Å². The largest absolute Gasteiger partial charge is 0.348 e. The molecule has 0 bridgehead atoms. The van der Waals surface area contributed by atoms with E-state index in [1.54, 1.807) is 36.0 Å². The molecule has 3 nitrogen and oxygen atoms in total. The normalized spacial score (nSPS) is 10.2. The Bertz CT molecular complexity index is 564. The van der Waals surface area contributed by atoms with Gasteiger partial charge in [0, 0.05) is 24.4 Å². The van der Waals surface area contributed by atoms with Gasteiger partial charge in [0.1, 0.15) is 0 Å². The van der Waals surface area contributed by atoms with Crippen molar-refractivity contribution in [3.63, 3.8) is 0 Å². The van der Waals surface area contributed by atoms with Crippen LogP contribution in [0.15, 0.2) is 36.5 Å². The summed E-state index contributed by atoms with van der Waals surface area (Å²) in [4.78, 5) is 22.8. The van der Waals surface area contributed by atoms with Crippen molar-refractivity contribution in [2.75, 3.05) is 0 Å². The van der Waals surface area contributed by atoms with E-state index in [-0.39, 0.29) is 5.78 Å². The van der Waals surface area contributed by atoms with Crippen molar-refractivity contribution in [1.29, 1.82) is 0 Å². The number of nitrogens with zero attached hydrogens (tertiary/aromatic N) is 1. The lowest BCUT2D eigenvalue weighted by atomic mass is 10.0. The predicted octanol–water partition coefficient (Wildman–Crippen LogP) is 2.38. The Hall–Kier alpha value is -2.16. The molecule has 0 fully saturated rings. The third-order valence-electron chi connectivity index (χ3n) is 2.74. The Morgan fingerprint density at radius 3 is 2.35 bits per heavy atom. The van der Waals surface area contributed by atoms with E-state index in [0.29, 0.717) is 16.8 Å². The highest BCUT2D eigenvalue weighted by molar-refractivity contribution is 6.09. The second-order valence-corrected chi connectivity index (χ2v) is 4.08. The van der Waals surface area contributed by atoms with Crippen LogP contribution in [0.1, 0.15) is 32.0 Å². The van der Waals surface area contributed by atoms with Gasteiger partial charge in [-0.2, -0.15) is 0 Å². The highest BCUT2D eigenvalue weighted by Crippen LogP contribution is 2.13. The minimum absolute atomic E-state index is 0.0614. The first-order chi connectivity index (χ1) is 8.11. The molecule has 0 radical (unpaired) electrons. The zero-order valence-corrected chi connectivity index (χ0v) is 9.81. The molecule has 1 aromatic heterocycles. The lowest BCUT2D eigenvalue weighted by Gasteiger charge is -1.98. The molecule has 1 heterocycles. The van der Waals surface area contributed by atoms with Gasteiger partial charge >= 0.3 is 0 Å². The van der Waals surface area contributed by atoms with Crippen molar-refractivity contribution in [2.24, 2.45) is 7.05 Å². The van der Waals surface area contributed by atoms with E-state index in [1.165, 1.54) is 0 Å². The summed E-state index contributed by atoms with van der Waals surface area (Å²) < 4.78 is 1.65. The van der Waals surface area contributed by atoms with E-state index in [2.05, 4.69) is 0 Å². The Morgan fingerprint density at radius 2 is 1.82 bits per heavy atom. The standard InChI is InChI=1S/C14H13NO2/c1-10-3-5-11(6-4-10)14(17)12-7-13(9-16)15(2)8-12/h3-9H,1-2H3. The zero-order chi connectivity index (χ0) is 12.4. The number of carbonyl (C=O) groups is 2. The first kappa shape index (κ1) is 11.3. The topological polar surface area (TPSA) is 39.1 Å². The zero-order valence-electron chi connectivity index (χ0n) is 9.81. The SMILES string of the molecule is Cc1ccc(C(=O)c2cc(C=O)n(C)c2)cc1. The number of aromatic nitrogens is 1. The van der Waals surface area contributed by atoms with Crippen LogP contribution in [0.4, 0.5) is 0 Å². The van der Waals surface area contributed by atoms with E-state index in [4.69, 9.17) is 0 Å². The van der Waals surface area contributed by atoms with Crippen LogP contribution in [0.3, 0.4) is 0 Å². The Kier molecular flexibility index (Phi) is 2.91. The van der Waals surface area contributed by atoms with Crippen LogP contribution in [-0.4, -0.2) is 16.6 Å². The molecule has 0 atom stereocenters. The van der Waals surface area contributed by atoms with Gasteiger partial charge in [0.2, 0.25) is 0 Å². The van der Waals surface area contributed by atoms with Crippen molar-refractivity contribution in [1.82, 2.24) is 4.57 Å². The summed E-state index contributed by atoms with van der Waals surface area (Å²) in [6.45, 7) is 1.97. The van der Waals surface area contributed by atoms with Crippen molar-refractivity contribution in [2.45, 2.75) is 6.92 Å². The van der Waals surface area contributed by atoms with Gasteiger partial charge in [-0.1, -0.05) is 29.8 Å². The second kappa shape index (κ2) is 4.37. The highest BCUT2D eigenvalue weighted by atomic mass is 16.1. The Labute approximate surface area is 99.7 Å². The molecule has 1 aromatic carbocycles. The molecule has 0 aliphatic carbocycles. The van der Waals surface area contributed by atoms with Crippen molar-refractivity contribution < 1.29 is 9.59 Å². The fourth-order valence-corrected chi connectivity index (χ4v) is 1.69. The van der Waals surface area contributed by atoms with Crippen molar-refractivity contribution in [3.8, 4) is 0 Å². The lowest BCUT2D eigenvalue weighted by molar-refractivity contribution is 0.103. The molecule has 0 N–H and O–H groups in total. The maximum Gasteiger partial charge on any atom is 0.194 e. The molecular weight excluding hydrogens is 214 g/mol. The number of hydrogen-bond acceptors (Lipinski definition) is 2. The van der Waals surface area contributed by atoms with Crippen LogP contribution in [0.25, 0.3) is 0 Å². The lowest BCUT2D eigenvalue weighted by Crippen LogP contribution is -1.99. The molecule has 3 heteroatoms. The summed E-state index contributed by atoms with van der Waals surface area (Å²) in [5.74, 6) is -0.0614. The van der Waals surface area contributed by atoms with Gasteiger partial charge in [0.05, 0.1) is 5.69 Å². The van der Waals surface area contributed by atoms with E-state index >= 15 is 0 Å². The van der Waals surface area contributed by atoms with E-state index < -0.39 is 0 Å². The summed E-state index contributed by atoms with van der Waals surface area (Å²) in [5.41, 5.74) is 2.79. The Balaban J connectivity index is 2.36. The van der Waals surface area contributed by atoms with Crippen LogP contribution in [0, 0.1) is 6.92 Å². The average molecular weight is 227 g/mol. The molecule has 0 aliphatic heterocycles. The van der Waals surface area contributed by atoms with Crippen LogP contribution in [0.5, 0.6) is 0 Å². The van der Waals surface area contributed by atoms with Crippen molar-refractivity contribution >= 4 is 12.1 Å². The van der Waals surface area contributed by atoms with Crippen LogP contribution in [0.2, 0.25) is 0 Å². The number of ketones is 1. The fraction of sp³-hybridized carbons (Fsp3) is 0.143. The molecule has 2 aromatic rings. The van der Waals surface area contributed by atoms with E-state index in [1.807, 2.05) is 19.1 Å². The number of hydrogen-bond donors (Lipinski definition) is 0. The molecule has 0 unspecified atom stereocenters. The molecule has 0 saturated heterocycles. The minimum Gasteiger partial charge on any atom is -0.348 e. The average Bonchev–Trinajstić information content (AvgIpc) is 2.70. The van der Waals surface area contributed by atoms with E-state index in [0.717, 1.165) is 11.8 Å². The third kappa shape index (κ3) is 2.18. The second-order valence-electron chi connectivity index (χ2n) is 4.08. The first-order valence-corrected chi connectivity index (χ1v) is 5.34. The van der Waals surface area contributed by atoms with Gasteiger partial charge in [-0.3, -0.25) is 9.59 Å². The van der Waals surface area contributed by atoms with Gasteiger partial charge in [0.15, 0.2) is 12.1 Å². The smallest absolute Gasteiger partial charge is 0.194 e. The number of carbonyl (C=O) groups excluding carboxylic acids is 2. The fourth-order valence-electron chi connectivity index (χ4n) is 1.69. The monoisotopic (exact) mass is 227 g/mol.